The minimum Gasteiger partial charge on any atom is -0.317 e. The van der Waals surface area contributed by atoms with Gasteiger partial charge in [-0.25, -0.2) is 0 Å². The summed E-state index contributed by atoms with van der Waals surface area (Å²) >= 11 is 6.06. The number of piperidine rings is 1. The van der Waals surface area contributed by atoms with E-state index >= 15 is 0 Å². The highest BCUT2D eigenvalue weighted by molar-refractivity contribution is 6.30. The molecular weight excluding hydrogens is 306 g/mol. The molecule has 0 amide bonds. The van der Waals surface area contributed by atoms with E-state index in [1.54, 1.807) is 0 Å². The summed E-state index contributed by atoms with van der Waals surface area (Å²) in [5.74, 6) is 0.750. The second kappa shape index (κ2) is 7.91. The number of aromatic nitrogens is 1. The summed E-state index contributed by atoms with van der Waals surface area (Å²) in [6.07, 6.45) is 4.37. The van der Waals surface area contributed by atoms with Gasteiger partial charge in [-0.1, -0.05) is 29.8 Å². The van der Waals surface area contributed by atoms with E-state index in [2.05, 4.69) is 46.5 Å². The molecule has 3 nitrogen and oxygen atoms in total. The van der Waals surface area contributed by atoms with Crippen molar-refractivity contribution >= 4 is 11.6 Å². The van der Waals surface area contributed by atoms with Crippen molar-refractivity contribution < 1.29 is 0 Å². The summed E-state index contributed by atoms with van der Waals surface area (Å²) in [6, 6.07) is 14.5. The Morgan fingerprint density at radius 2 is 1.91 bits per heavy atom. The molecule has 1 aliphatic rings. The zero-order valence-electron chi connectivity index (χ0n) is 13.6. The first kappa shape index (κ1) is 16.4. The molecule has 1 aromatic heterocycles. The van der Waals surface area contributed by atoms with Crippen LogP contribution in [0.15, 0.2) is 48.7 Å². The number of rotatable bonds is 5. The van der Waals surface area contributed by atoms with Crippen LogP contribution in [0.2, 0.25) is 5.02 Å². The van der Waals surface area contributed by atoms with Gasteiger partial charge < -0.3 is 5.32 Å². The maximum Gasteiger partial charge on any atom is 0.0774 e. The van der Waals surface area contributed by atoms with E-state index in [0.717, 1.165) is 36.3 Å². The lowest BCUT2D eigenvalue weighted by Gasteiger charge is -2.33. The SMILES string of the molecule is CN(CC1CCNCC1)C(c1ccc(Cl)cc1)c1ccccn1. The minimum atomic E-state index is 0.170. The van der Waals surface area contributed by atoms with Gasteiger partial charge in [-0.3, -0.25) is 9.88 Å². The number of halogens is 1. The number of nitrogens with one attached hydrogen (secondary N) is 1. The van der Waals surface area contributed by atoms with Crippen molar-refractivity contribution in [3.8, 4) is 0 Å². The second-order valence-corrected chi connectivity index (χ2v) is 6.78. The molecule has 0 bridgehead atoms. The molecule has 0 saturated carbocycles. The largest absolute Gasteiger partial charge is 0.317 e. The van der Waals surface area contributed by atoms with Crippen molar-refractivity contribution in [3.05, 3.63) is 64.9 Å². The molecule has 2 heterocycles. The molecule has 0 radical (unpaired) electrons. The minimum absolute atomic E-state index is 0.170. The summed E-state index contributed by atoms with van der Waals surface area (Å²) in [7, 11) is 2.20. The predicted molar refractivity (Wildman–Crippen MR) is 95.8 cm³/mol. The molecule has 0 spiro atoms. The number of pyridine rings is 1. The molecule has 1 atom stereocenters. The van der Waals surface area contributed by atoms with Crippen molar-refractivity contribution in [1.82, 2.24) is 15.2 Å². The smallest absolute Gasteiger partial charge is 0.0774 e. The van der Waals surface area contributed by atoms with Gasteiger partial charge in [0.1, 0.15) is 0 Å². The average molecular weight is 330 g/mol. The fraction of sp³-hybridized carbons (Fsp3) is 0.421. The van der Waals surface area contributed by atoms with E-state index in [0.29, 0.717) is 0 Å². The van der Waals surface area contributed by atoms with Crippen molar-refractivity contribution in [2.45, 2.75) is 18.9 Å². The van der Waals surface area contributed by atoms with Crippen LogP contribution >= 0.6 is 11.6 Å². The molecule has 1 fully saturated rings. The molecule has 1 aliphatic heterocycles. The Hall–Kier alpha value is -1.42. The summed E-state index contributed by atoms with van der Waals surface area (Å²) in [4.78, 5) is 7.04. The van der Waals surface area contributed by atoms with Crippen LogP contribution in [-0.4, -0.2) is 36.6 Å². The number of hydrogen-bond acceptors (Lipinski definition) is 3. The van der Waals surface area contributed by atoms with Gasteiger partial charge in [-0.15, -0.1) is 0 Å². The third kappa shape index (κ3) is 4.31. The van der Waals surface area contributed by atoms with Gasteiger partial charge in [-0.05, 0) is 68.7 Å². The highest BCUT2D eigenvalue weighted by Gasteiger charge is 2.24. The summed E-state index contributed by atoms with van der Waals surface area (Å²) < 4.78 is 0. The van der Waals surface area contributed by atoms with Crippen LogP contribution < -0.4 is 5.32 Å². The molecular formula is C19H24ClN3. The quantitative estimate of drug-likeness (QED) is 0.905. The Kier molecular flexibility index (Phi) is 5.65. The van der Waals surface area contributed by atoms with Gasteiger partial charge in [0.05, 0.1) is 11.7 Å². The standard InChI is InChI=1S/C19H24ClN3/c1-23(14-15-9-12-21-13-10-15)19(18-4-2-3-11-22-18)16-5-7-17(20)8-6-16/h2-8,11,15,19,21H,9-10,12-14H2,1H3. The Morgan fingerprint density at radius 1 is 1.17 bits per heavy atom. The average Bonchev–Trinajstić information content (AvgIpc) is 2.59. The van der Waals surface area contributed by atoms with Gasteiger partial charge in [0.25, 0.3) is 0 Å². The third-order valence-corrected chi connectivity index (χ3v) is 4.85. The molecule has 122 valence electrons. The van der Waals surface area contributed by atoms with Gasteiger partial charge in [0.2, 0.25) is 0 Å². The number of nitrogens with zero attached hydrogens (tertiary/aromatic N) is 2. The first-order valence-electron chi connectivity index (χ1n) is 8.31. The fourth-order valence-corrected chi connectivity index (χ4v) is 3.54. The Morgan fingerprint density at radius 3 is 2.57 bits per heavy atom. The van der Waals surface area contributed by atoms with Crippen LogP contribution in [0.5, 0.6) is 0 Å². The van der Waals surface area contributed by atoms with Crippen LogP contribution in [0, 0.1) is 5.92 Å². The molecule has 0 aliphatic carbocycles. The topological polar surface area (TPSA) is 28.2 Å². The molecule has 2 aromatic rings. The van der Waals surface area contributed by atoms with E-state index in [4.69, 9.17) is 11.6 Å². The number of benzene rings is 1. The zero-order chi connectivity index (χ0) is 16.1. The Balaban J connectivity index is 1.83. The molecule has 1 aromatic carbocycles. The van der Waals surface area contributed by atoms with E-state index in [1.807, 2.05) is 24.4 Å². The van der Waals surface area contributed by atoms with Crippen molar-refractivity contribution in [2.24, 2.45) is 5.92 Å². The summed E-state index contributed by atoms with van der Waals surface area (Å²) in [6.45, 7) is 3.35. The van der Waals surface area contributed by atoms with Crippen LogP contribution in [-0.2, 0) is 0 Å². The van der Waals surface area contributed by atoms with Crippen molar-refractivity contribution in [2.75, 3.05) is 26.7 Å². The van der Waals surface area contributed by atoms with Crippen LogP contribution in [0.1, 0.15) is 30.1 Å². The molecule has 3 rings (SSSR count). The first-order chi connectivity index (χ1) is 11.2. The lowest BCUT2D eigenvalue weighted by molar-refractivity contribution is 0.205. The van der Waals surface area contributed by atoms with Crippen LogP contribution in [0.25, 0.3) is 0 Å². The van der Waals surface area contributed by atoms with Gasteiger partial charge in [-0.2, -0.15) is 0 Å². The van der Waals surface area contributed by atoms with Gasteiger partial charge >= 0.3 is 0 Å². The van der Waals surface area contributed by atoms with E-state index in [1.165, 1.54) is 18.4 Å². The summed E-state index contributed by atoms with van der Waals surface area (Å²) in [5.41, 5.74) is 2.33. The Labute approximate surface area is 143 Å². The fourth-order valence-electron chi connectivity index (χ4n) is 3.41. The molecule has 23 heavy (non-hydrogen) atoms. The van der Waals surface area contributed by atoms with Crippen LogP contribution in [0.4, 0.5) is 0 Å². The van der Waals surface area contributed by atoms with E-state index < -0.39 is 0 Å². The maximum atomic E-state index is 6.06. The normalized spacial score (nSPS) is 17.3. The van der Waals surface area contributed by atoms with Gasteiger partial charge in [0.15, 0.2) is 0 Å². The third-order valence-electron chi connectivity index (χ3n) is 4.60. The van der Waals surface area contributed by atoms with Gasteiger partial charge in [0, 0.05) is 17.8 Å². The van der Waals surface area contributed by atoms with Crippen molar-refractivity contribution in [1.29, 1.82) is 0 Å². The lowest BCUT2D eigenvalue weighted by atomic mass is 9.95. The second-order valence-electron chi connectivity index (χ2n) is 6.34. The molecule has 4 heteroatoms. The molecule has 1 N–H and O–H groups in total. The van der Waals surface area contributed by atoms with Crippen LogP contribution in [0.3, 0.4) is 0 Å². The van der Waals surface area contributed by atoms with Crippen molar-refractivity contribution in [3.63, 3.8) is 0 Å². The molecule has 1 unspecified atom stereocenters. The zero-order valence-corrected chi connectivity index (χ0v) is 14.3. The highest BCUT2D eigenvalue weighted by Crippen LogP contribution is 2.29. The highest BCUT2D eigenvalue weighted by atomic mass is 35.5. The first-order valence-corrected chi connectivity index (χ1v) is 8.69. The number of hydrogen-bond donors (Lipinski definition) is 1. The molecule has 1 saturated heterocycles. The van der Waals surface area contributed by atoms with E-state index in [-0.39, 0.29) is 6.04 Å². The Bertz CT molecular complexity index is 594. The monoisotopic (exact) mass is 329 g/mol. The maximum absolute atomic E-state index is 6.06. The van der Waals surface area contributed by atoms with E-state index in [9.17, 15) is 0 Å². The predicted octanol–water partition coefficient (Wildman–Crippen LogP) is 3.76. The summed E-state index contributed by atoms with van der Waals surface area (Å²) in [5, 5.41) is 4.21. The lowest BCUT2D eigenvalue weighted by Crippen LogP contribution is -2.36.